The minimum atomic E-state index is -0.448. The van der Waals surface area contributed by atoms with E-state index in [4.69, 9.17) is 5.26 Å². The molecule has 0 bridgehead atoms. The van der Waals surface area contributed by atoms with Crippen LogP contribution in [0, 0.1) is 47.1 Å². The van der Waals surface area contributed by atoms with Crippen molar-refractivity contribution in [2.75, 3.05) is 0 Å². The summed E-state index contributed by atoms with van der Waals surface area (Å²) in [5, 5.41) is 19.2. The number of nitro groups is 1. The van der Waals surface area contributed by atoms with Crippen LogP contribution in [0.15, 0.2) is 12.1 Å². The summed E-state index contributed by atoms with van der Waals surface area (Å²) < 4.78 is 0. The van der Waals surface area contributed by atoms with Gasteiger partial charge in [0.2, 0.25) is 0 Å². The molecule has 0 saturated heterocycles. The molecule has 0 heterocycles. The van der Waals surface area contributed by atoms with Gasteiger partial charge >= 0.3 is 0 Å². The Morgan fingerprint density at radius 2 is 2.12 bits per heavy atom. The predicted octanol–water partition coefficient (Wildman–Crippen LogP) is 2.48. The molecule has 0 aliphatic carbocycles. The molecule has 4 nitrogen and oxygen atoms in total. The largest absolute Gasteiger partial charge is 0.285 e. The number of nitrogens with zero attached hydrogens (tertiary/aromatic N) is 2. The summed E-state index contributed by atoms with van der Waals surface area (Å²) in [6.07, 6.45) is 0.0739. The van der Waals surface area contributed by atoms with Gasteiger partial charge in [0, 0.05) is 6.07 Å². The van der Waals surface area contributed by atoms with E-state index in [9.17, 15) is 10.1 Å². The molecule has 4 heteroatoms. The Labute approximate surface area is 93.7 Å². The summed E-state index contributed by atoms with van der Waals surface area (Å²) in [4.78, 5) is 10.4. The van der Waals surface area contributed by atoms with Crippen LogP contribution in [-0.4, -0.2) is 4.92 Å². The molecular weight excluding hydrogens is 204 g/mol. The van der Waals surface area contributed by atoms with Crippen LogP contribution in [0.25, 0.3) is 0 Å². The van der Waals surface area contributed by atoms with Crippen LogP contribution in [-0.2, 0) is 0 Å². The van der Waals surface area contributed by atoms with E-state index in [1.165, 1.54) is 6.07 Å². The van der Waals surface area contributed by atoms with Gasteiger partial charge in [-0.2, -0.15) is 5.26 Å². The highest BCUT2D eigenvalue weighted by atomic mass is 16.6. The zero-order valence-electron chi connectivity index (χ0n) is 9.07. The highest BCUT2D eigenvalue weighted by Gasteiger charge is 2.14. The Hall–Kier alpha value is -2.33. The van der Waals surface area contributed by atoms with E-state index >= 15 is 0 Å². The number of aryl methyl sites for hydroxylation is 2. The van der Waals surface area contributed by atoms with Crippen molar-refractivity contribution >= 4 is 5.69 Å². The fourth-order valence-corrected chi connectivity index (χ4v) is 1.42. The average molecular weight is 214 g/mol. The van der Waals surface area contributed by atoms with E-state index < -0.39 is 4.92 Å². The second-order valence-electron chi connectivity index (χ2n) is 3.37. The number of rotatable bonds is 1. The summed E-state index contributed by atoms with van der Waals surface area (Å²) in [7, 11) is 0. The first kappa shape index (κ1) is 11.7. The molecule has 0 aromatic heterocycles. The third kappa shape index (κ3) is 2.59. The first-order valence-electron chi connectivity index (χ1n) is 4.67. The van der Waals surface area contributed by atoms with E-state index in [2.05, 4.69) is 11.8 Å². The van der Waals surface area contributed by atoms with Crippen molar-refractivity contribution in [2.24, 2.45) is 0 Å². The molecule has 0 radical (unpaired) electrons. The number of hydrogen-bond acceptors (Lipinski definition) is 3. The van der Waals surface area contributed by atoms with E-state index in [0.717, 1.165) is 11.1 Å². The molecule has 1 rings (SSSR count). The fraction of sp³-hybridized carbons (Fsp3) is 0.250. The first-order chi connectivity index (χ1) is 7.56. The van der Waals surface area contributed by atoms with Crippen molar-refractivity contribution in [1.29, 1.82) is 5.26 Å². The van der Waals surface area contributed by atoms with E-state index in [-0.39, 0.29) is 12.1 Å². The van der Waals surface area contributed by atoms with Crippen molar-refractivity contribution in [3.8, 4) is 17.9 Å². The zero-order chi connectivity index (χ0) is 12.1. The van der Waals surface area contributed by atoms with Crippen LogP contribution in [0.5, 0.6) is 0 Å². The third-order valence-corrected chi connectivity index (χ3v) is 2.04. The minimum Gasteiger partial charge on any atom is -0.258 e. The van der Waals surface area contributed by atoms with Gasteiger partial charge in [-0.1, -0.05) is 17.9 Å². The van der Waals surface area contributed by atoms with Crippen LogP contribution in [0.4, 0.5) is 5.69 Å². The third-order valence-electron chi connectivity index (χ3n) is 2.04. The SMILES string of the molecule is Cc1cc(C)c(C#CCC#N)c([N+](=O)[O-])c1. The minimum absolute atomic E-state index is 0.00272. The molecule has 1 aromatic carbocycles. The van der Waals surface area contributed by atoms with E-state index in [0.29, 0.717) is 5.56 Å². The second-order valence-corrected chi connectivity index (χ2v) is 3.37. The van der Waals surface area contributed by atoms with Gasteiger partial charge < -0.3 is 0 Å². The van der Waals surface area contributed by atoms with E-state index in [1.807, 2.05) is 12.1 Å². The number of benzene rings is 1. The Morgan fingerprint density at radius 1 is 1.44 bits per heavy atom. The smallest absolute Gasteiger partial charge is 0.258 e. The lowest BCUT2D eigenvalue weighted by molar-refractivity contribution is -0.385. The molecule has 0 fully saturated rings. The normalized spacial score (nSPS) is 8.81. The monoisotopic (exact) mass is 214 g/mol. The molecule has 0 amide bonds. The lowest BCUT2D eigenvalue weighted by Crippen LogP contribution is -1.96. The van der Waals surface area contributed by atoms with Gasteiger partial charge in [0.1, 0.15) is 5.56 Å². The van der Waals surface area contributed by atoms with E-state index in [1.54, 1.807) is 13.8 Å². The molecule has 0 spiro atoms. The van der Waals surface area contributed by atoms with Gasteiger partial charge in [0.15, 0.2) is 0 Å². The summed E-state index contributed by atoms with van der Waals surface area (Å²) in [5.41, 5.74) is 1.99. The van der Waals surface area contributed by atoms with Crippen molar-refractivity contribution in [3.05, 3.63) is 38.9 Å². The zero-order valence-corrected chi connectivity index (χ0v) is 9.07. The molecule has 0 aliphatic heterocycles. The van der Waals surface area contributed by atoms with Gasteiger partial charge in [0.05, 0.1) is 17.4 Å². The van der Waals surface area contributed by atoms with Crippen molar-refractivity contribution < 1.29 is 4.92 Å². The molecular formula is C12H10N2O2. The maximum atomic E-state index is 10.8. The summed E-state index contributed by atoms with van der Waals surface area (Å²) >= 11 is 0. The van der Waals surface area contributed by atoms with Gasteiger partial charge in [-0.3, -0.25) is 10.1 Å². The van der Waals surface area contributed by atoms with Gasteiger partial charge in [-0.15, -0.1) is 0 Å². The van der Waals surface area contributed by atoms with Gasteiger partial charge in [0.25, 0.3) is 5.69 Å². The Balaban J connectivity index is 3.33. The molecule has 16 heavy (non-hydrogen) atoms. The predicted molar refractivity (Wildman–Crippen MR) is 59.7 cm³/mol. The molecule has 0 atom stereocenters. The maximum Gasteiger partial charge on any atom is 0.285 e. The lowest BCUT2D eigenvalue weighted by Gasteiger charge is -2.01. The molecule has 1 aromatic rings. The maximum absolute atomic E-state index is 10.8. The molecule has 0 N–H and O–H groups in total. The number of nitro benzene ring substituents is 1. The summed E-state index contributed by atoms with van der Waals surface area (Å²) in [6.45, 7) is 3.57. The fourth-order valence-electron chi connectivity index (χ4n) is 1.42. The quantitative estimate of drug-likeness (QED) is 0.409. The molecule has 0 saturated carbocycles. The highest BCUT2D eigenvalue weighted by Crippen LogP contribution is 2.23. The van der Waals surface area contributed by atoms with Crippen molar-refractivity contribution in [1.82, 2.24) is 0 Å². The second kappa shape index (κ2) is 4.95. The van der Waals surface area contributed by atoms with Gasteiger partial charge in [-0.25, -0.2) is 0 Å². The Kier molecular flexibility index (Phi) is 3.63. The molecule has 0 aliphatic rings. The van der Waals surface area contributed by atoms with Crippen LogP contribution in [0.1, 0.15) is 23.1 Å². The van der Waals surface area contributed by atoms with Crippen LogP contribution in [0.2, 0.25) is 0 Å². The Bertz CT molecular complexity index is 530. The van der Waals surface area contributed by atoms with Crippen LogP contribution >= 0.6 is 0 Å². The number of hydrogen-bond donors (Lipinski definition) is 0. The van der Waals surface area contributed by atoms with Gasteiger partial charge in [-0.05, 0) is 25.0 Å². The topological polar surface area (TPSA) is 66.9 Å². The van der Waals surface area contributed by atoms with Crippen LogP contribution in [0.3, 0.4) is 0 Å². The molecule has 80 valence electrons. The molecule has 0 unspecified atom stereocenters. The van der Waals surface area contributed by atoms with Crippen LogP contribution < -0.4 is 0 Å². The van der Waals surface area contributed by atoms with Crippen molar-refractivity contribution in [2.45, 2.75) is 20.3 Å². The average Bonchev–Trinajstić information content (AvgIpc) is 2.20. The highest BCUT2D eigenvalue weighted by molar-refractivity contribution is 5.57. The summed E-state index contributed by atoms with van der Waals surface area (Å²) in [5.74, 6) is 5.27. The standard InChI is InChI=1S/C12H10N2O2/c1-9-7-10(2)11(5-3-4-6-13)12(8-9)14(15)16/h7-8H,4H2,1-2H3. The number of nitriles is 1. The van der Waals surface area contributed by atoms with Crippen molar-refractivity contribution in [3.63, 3.8) is 0 Å². The first-order valence-corrected chi connectivity index (χ1v) is 4.67. The Morgan fingerprint density at radius 3 is 2.69 bits per heavy atom. The summed E-state index contributed by atoms with van der Waals surface area (Å²) in [6, 6.07) is 5.20. The lowest BCUT2D eigenvalue weighted by atomic mass is 10.0.